The summed E-state index contributed by atoms with van der Waals surface area (Å²) in [6, 6.07) is 6.38. The summed E-state index contributed by atoms with van der Waals surface area (Å²) in [5, 5.41) is 11.2. The van der Waals surface area contributed by atoms with E-state index in [0.29, 0.717) is 11.3 Å². The number of alkyl halides is 3. The first kappa shape index (κ1) is 12.4. The SMILES string of the molecule is C#Cc1cccc(NCC(O)C(F)(F)F)c1. The Labute approximate surface area is 91.1 Å². The lowest BCUT2D eigenvalue weighted by Gasteiger charge is -2.15. The molecule has 0 spiro atoms. The third-order valence-corrected chi connectivity index (χ3v) is 1.91. The molecule has 16 heavy (non-hydrogen) atoms. The molecule has 1 aromatic carbocycles. The Morgan fingerprint density at radius 2 is 2.12 bits per heavy atom. The van der Waals surface area contributed by atoms with E-state index in [-0.39, 0.29) is 0 Å². The second-order valence-electron chi connectivity index (χ2n) is 3.16. The molecule has 2 N–H and O–H groups in total. The van der Waals surface area contributed by atoms with Crippen molar-refractivity contribution >= 4 is 5.69 Å². The van der Waals surface area contributed by atoms with Crippen LogP contribution in [0.15, 0.2) is 24.3 Å². The average molecular weight is 229 g/mol. The number of terminal acetylenes is 1. The maximum absolute atomic E-state index is 12.0. The Morgan fingerprint density at radius 1 is 1.44 bits per heavy atom. The molecule has 0 aliphatic rings. The van der Waals surface area contributed by atoms with Crippen LogP contribution in [-0.2, 0) is 0 Å². The molecule has 0 heterocycles. The lowest BCUT2D eigenvalue weighted by atomic mass is 10.2. The minimum absolute atomic E-state index is 0.443. The summed E-state index contributed by atoms with van der Waals surface area (Å²) in [7, 11) is 0. The number of aliphatic hydroxyl groups excluding tert-OH is 1. The van der Waals surface area contributed by atoms with Crippen molar-refractivity contribution in [2.75, 3.05) is 11.9 Å². The highest BCUT2D eigenvalue weighted by molar-refractivity contribution is 5.49. The van der Waals surface area contributed by atoms with Crippen LogP contribution in [0.3, 0.4) is 0 Å². The number of hydrogen-bond donors (Lipinski definition) is 2. The number of hydrogen-bond acceptors (Lipinski definition) is 2. The van der Waals surface area contributed by atoms with Crippen LogP contribution in [0.5, 0.6) is 0 Å². The zero-order valence-electron chi connectivity index (χ0n) is 8.25. The van der Waals surface area contributed by atoms with E-state index in [1.54, 1.807) is 18.2 Å². The van der Waals surface area contributed by atoms with Gasteiger partial charge >= 0.3 is 6.18 Å². The summed E-state index contributed by atoms with van der Waals surface area (Å²) < 4.78 is 35.9. The van der Waals surface area contributed by atoms with Crippen molar-refractivity contribution in [3.63, 3.8) is 0 Å². The second-order valence-corrected chi connectivity index (χ2v) is 3.16. The van der Waals surface area contributed by atoms with Gasteiger partial charge in [0.05, 0.1) is 0 Å². The quantitative estimate of drug-likeness (QED) is 0.777. The highest BCUT2D eigenvalue weighted by Gasteiger charge is 2.37. The van der Waals surface area contributed by atoms with Gasteiger partial charge in [0.25, 0.3) is 0 Å². The minimum atomic E-state index is -4.61. The highest BCUT2D eigenvalue weighted by atomic mass is 19.4. The lowest BCUT2D eigenvalue weighted by molar-refractivity contribution is -0.198. The number of halogens is 3. The first-order valence-electron chi connectivity index (χ1n) is 4.49. The summed E-state index contributed by atoms with van der Waals surface area (Å²) in [4.78, 5) is 0. The number of benzene rings is 1. The monoisotopic (exact) mass is 229 g/mol. The molecule has 86 valence electrons. The van der Waals surface area contributed by atoms with Gasteiger partial charge in [-0.15, -0.1) is 6.42 Å². The number of nitrogens with one attached hydrogen (secondary N) is 1. The predicted molar refractivity (Wildman–Crippen MR) is 54.9 cm³/mol. The van der Waals surface area contributed by atoms with Gasteiger partial charge in [-0.3, -0.25) is 0 Å². The van der Waals surface area contributed by atoms with Crippen molar-refractivity contribution in [1.82, 2.24) is 0 Å². The summed E-state index contributed by atoms with van der Waals surface area (Å²) in [6.07, 6.45) is -1.86. The normalized spacial score (nSPS) is 12.9. The van der Waals surface area contributed by atoms with E-state index in [2.05, 4.69) is 11.2 Å². The van der Waals surface area contributed by atoms with Gasteiger partial charge in [0.1, 0.15) is 0 Å². The van der Waals surface area contributed by atoms with Gasteiger partial charge in [0.15, 0.2) is 6.10 Å². The average Bonchev–Trinajstić information content (AvgIpc) is 2.25. The van der Waals surface area contributed by atoms with E-state index >= 15 is 0 Å². The lowest BCUT2D eigenvalue weighted by Crippen LogP contribution is -2.34. The van der Waals surface area contributed by atoms with Crippen LogP contribution >= 0.6 is 0 Å². The number of anilines is 1. The molecular formula is C11H10F3NO. The summed E-state index contributed by atoms with van der Waals surface area (Å²) in [6.45, 7) is -0.600. The molecule has 1 unspecified atom stereocenters. The van der Waals surface area contributed by atoms with Crippen LogP contribution in [0.2, 0.25) is 0 Å². The molecule has 0 radical (unpaired) electrons. The molecular weight excluding hydrogens is 219 g/mol. The van der Waals surface area contributed by atoms with Crippen LogP contribution in [0.25, 0.3) is 0 Å². The molecule has 1 aromatic rings. The fourth-order valence-electron chi connectivity index (χ4n) is 1.05. The smallest absolute Gasteiger partial charge is 0.382 e. The standard InChI is InChI=1S/C11H10F3NO/c1-2-8-4-3-5-9(6-8)15-7-10(16)11(12,13)14/h1,3-6,10,15-16H,7H2. The molecule has 1 atom stereocenters. The number of aliphatic hydroxyl groups is 1. The molecule has 1 rings (SSSR count). The van der Waals surface area contributed by atoms with Gasteiger partial charge in [-0.05, 0) is 18.2 Å². The first-order valence-corrected chi connectivity index (χ1v) is 4.49. The van der Waals surface area contributed by atoms with Crippen LogP contribution in [0, 0.1) is 12.3 Å². The van der Waals surface area contributed by atoms with Crippen molar-refractivity contribution < 1.29 is 18.3 Å². The maximum atomic E-state index is 12.0. The Kier molecular flexibility index (Phi) is 3.80. The van der Waals surface area contributed by atoms with Gasteiger partial charge in [-0.1, -0.05) is 12.0 Å². The van der Waals surface area contributed by atoms with Crippen molar-refractivity contribution in [2.24, 2.45) is 0 Å². The van der Waals surface area contributed by atoms with E-state index in [4.69, 9.17) is 11.5 Å². The van der Waals surface area contributed by atoms with Gasteiger partial charge in [-0.25, -0.2) is 0 Å². The van der Waals surface area contributed by atoms with E-state index in [1.165, 1.54) is 6.07 Å². The van der Waals surface area contributed by atoms with E-state index in [9.17, 15) is 13.2 Å². The molecule has 0 aliphatic heterocycles. The van der Waals surface area contributed by atoms with Gasteiger partial charge in [-0.2, -0.15) is 13.2 Å². The molecule has 2 nitrogen and oxygen atoms in total. The van der Waals surface area contributed by atoms with Gasteiger partial charge in [0, 0.05) is 17.8 Å². The highest BCUT2D eigenvalue weighted by Crippen LogP contribution is 2.20. The Morgan fingerprint density at radius 3 is 2.69 bits per heavy atom. The largest absolute Gasteiger partial charge is 0.416 e. The molecule has 0 aliphatic carbocycles. The van der Waals surface area contributed by atoms with Gasteiger partial charge < -0.3 is 10.4 Å². The van der Waals surface area contributed by atoms with E-state index < -0.39 is 18.8 Å². The van der Waals surface area contributed by atoms with Crippen LogP contribution in [-0.4, -0.2) is 23.9 Å². The third-order valence-electron chi connectivity index (χ3n) is 1.91. The van der Waals surface area contributed by atoms with Crippen molar-refractivity contribution in [2.45, 2.75) is 12.3 Å². The molecule has 0 fully saturated rings. The molecule has 0 amide bonds. The summed E-state index contributed by atoms with van der Waals surface area (Å²) in [5.41, 5.74) is 1.00. The van der Waals surface area contributed by atoms with Crippen LogP contribution in [0.4, 0.5) is 18.9 Å². The zero-order chi connectivity index (χ0) is 12.2. The minimum Gasteiger partial charge on any atom is -0.382 e. The van der Waals surface area contributed by atoms with Crippen LogP contribution < -0.4 is 5.32 Å². The zero-order valence-corrected chi connectivity index (χ0v) is 8.25. The van der Waals surface area contributed by atoms with Crippen molar-refractivity contribution in [3.05, 3.63) is 29.8 Å². The first-order chi connectivity index (χ1) is 7.43. The Hall–Kier alpha value is -1.67. The Balaban J connectivity index is 2.59. The molecule has 0 aromatic heterocycles. The predicted octanol–water partition coefficient (Wildman–Crippen LogP) is 2.00. The topological polar surface area (TPSA) is 32.3 Å². The van der Waals surface area contributed by atoms with Crippen molar-refractivity contribution in [1.29, 1.82) is 0 Å². The van der Waals surface area contributed by atoms with Gasteiger partial charge in [0.2, 0.25) is 0 Å². The molecule has 0 saturated carbocycles. The second kappa shape index (κ2) is 4.90. The Bertz CT molecular complexity index is 395. The van der Waals surface area contributed by atoms with E-state index in [0.717, 1.165) is 0 Å². The van der Waals surface area contributed by atoms with Crippen molar-refractivity contribution in [3.8, 4) is 12.3 Å². The third kappa shape index (κ3) is 3.48. The maximum Gasteiger partial charge on any atom is 0.416 e. The van der Waals surface area contributed by atoms with Crippen LogP contribution in [0.1, 0.15) is 5.56 Å². The summed E-state index contributed by atoms with van der Waals surface area (Å²) in [5.74, 6) is 2.36. The van der Waals surface area contributed by atoms with E-state index in [1.807, 2.05) is 0 Å². The molecule has 0 bridgehead atoms. The molecule has 0 saturated heterocycles. The fourth-order valence-corrected chi connectivity index (χ4v) is 1.05. The summed E-state index contributed by atoms with van der Waals surface area (Å²) >= 11 is 0. The number of rotatable bonds is 3. The fraction of sp³-hybridized carbons (Fsp3) is 0.273. The molecule has 5 heteroatoms.